The van der Waals surface area contributed by atoms with E-state index in [4.69, 9.17) is 23.7 Å². The maximum Gasteiger partial charge on any atom is 0.187 e. The maximum atomic E-state index is 12.6. The largest absolute Gasteiger partial charge is 0.393 e. The smallest absolute Gasteiger partial charge is 0.187 e. The van der Waals surface area contributed by atoms with Crippen LogP contribution in [0.3, 0.4) is 0 Å². The number of hydrogen-bond acceptors (Lipinski definition) is 14. The molecule has 22 atom stereocenters. The molecule has 0 aromatic carbocycles. The molecule has 2 saturated heterocycles. The van der Waals surface area contributed by atoms with Gasteiger partial charge in [-0.2, -0.15) is 0 Å². The van der Waals surface area contributed by atoms with Crippen LogP contribution < -0.4 is 0 Å². The van der Waals surface area contributed by atoms with Gasteiger partial charge in [-0.05, 0) is 72.5 Å². The first-order valence-electron chi connectivity index (χ1n) is 19.8. The molecule has 0 radical (unpaired) electrons. The van der Waals surface area contributed by atoms with Crippen molar-refractivity contribution in [1.29, 1.82) is 0 Å². The Kier molecular flexibility index (Phi) is 12.5. The van der Waals surface area contributed by atoms with Crippen molar-refractivity contribution in [3.63, 3.8) is 0 Å². The Labute approximate surface area is 313 Å². The SMILES string of the molecule is CO[C@H]1[C@H](O[C@H]2[C@H](OCC(C)C(C)/C=C/[C@@H](C)[C@H]3C[C@@H](O)[C@@H]4[C@]3(C)CC[C@@H]3[C@@]5(C)CC[C@H](O)[C@H](O)[C@@H]5[C@@H](O)C[C@]34O)OC[C@@H](O)[C@@H]2O)OC[C@@H](O)[C@@H]1O. The second kappa shape index (κ2) is 15.8. The molecule has 2 unspecified atom stereocenters. The van der Waals surface area contributed by atoms with Crippen molar-refractivity contribution >= 4 is 0 Å². The monoisotopic (exact) mass is 758 g/mol. The number of methoxy groups -OCH3 is 1. The van der Waals surface area contributed by atoms with Crippen molar-refractivity contribution in [1.82, 2.24) is 0 Å². The van der Waals surface area contributed by atoms with E-state index in [1.807, 2.05) is 13.8 Å². The van der Waals surface area contributed by atoms with Crippen LogP contribution in [0.25, 0.3) is 0 Å². The quantitative estimate of drug-likeness (QED) is 0.135. The van der Waals surface area contributed by atoms with Crippen molar-refractivity contribution in [2.75, 3.05) is 26.9 Å². The van der Waals surface area contributed by atoms with E-state index in [-0.39, 0.29) is 61.2 Å². The van der Waals surface area contributed by atoms with Gasteiger partial charge in [0.2, 0.25) is 0 Å². The molecule has 14 heteroatoms. The van der Waals surface area contributed by atoms with Crippen LogP contribution in [0.4, 0.5) is 0 Å². The van der Waals surface area contributed by atoms with E-state index in [9.17, 15) is 46.0 Å². The summed E-state index contributed by atoms with van der Waals surface area (Å²) in [6.45, 7) is 10.3. The fourth-order valence-electron chi connectivity index (χ4n) is 11.9. The van der Waals surface area contributed by atoms with Crippen LogP contribution in [-0.4, -0.2) is 152 Å². The third-order valence-corrected chi connectivity index (χ3v) is 15.0. The lowest BCUT2D eigenvalue weighted by molar-refractivity contribution is -0.346. The minimum absolute atomic E-state index is 0.00301. The summed E-state index contributed by atoms with van der Waals surface area (Å²) in [5.41, 5.74) is -2.23. The first-order chi connectivity index (χ1) is 24.9. The average Bonchev–Trinajstić information content (AvgIpc) is 3.39. The molecular formula is C39H66O14. The van der Waals surface area contributed by atoms with Gasteiger partial charge >= 0.3 is 0 Å². The lowest BCUT2D eigenvalue weighted by atomic mass is 9.41. The number of aliphatic hydroxyl groups is 9. The molecule has 14 nitrogen and oxygen atoms in total. The van der Waals surface area contributed by atoms with E-state index in [2.05, 4.69) is 32.9 Å². The summed E-state index contributed by atoms with van der Waals surface area (Å²) in [4.78, 5) is 0. The Balaban J connectivity index is 1.08. The molecule has 9 N–H and O–H groups in total. The normalized spacial score (nSPS) is 53.4. The number of rotatable bonds is 10. The molecule has 0 aromatic heterocycles. The van der Waals surface area contributed by atoms with Gasteiger partial charge in [-0.3, -0.25) is 0 Å². The van der Waals surface area contributed by atoms with E-state index in [0.29, 0.717) is 19.3 Å². The van der Waals surface area contributed by atoms with Gasteiger partial charge in [0.05, 0.1) is 49.8 Å². The zero-order valence-electron chi connectivity index (χ0n) is 32.1. The molecule has 6 fully saturated rings. The molecule has 4 aliphatic carbocycles. The molecule has 0 aromatic rings. The topological polar surface area (TPSA) is 228 Å². The summed E-state index contributed by atoms with van der Waals surface area (Å²) >= 11 is 0. The van der Waals surface area contributed by atoms with Gasteiger partial charge in [0, 0.05) is 25.4 Å². The Hall–Kier alpha value is -0.820. The number of allylic oxidation sites excluding steroid dienone is 2. The molecule has 2 aliphatic heterocycles. The van der Waals surface area contributed by atoms with Gasteiger partial charge in [-0.25, -0.2) is 0 Å². The number of hydrogen-bond donors (Lipinski definition) is 9. The fraction of sp³-hybridized carbons (Fsp3) is 0.949. The molecule has 4 saturated carbocycles. The minimum atomic E-state index is -1.37. The number of fused-ring (bicyclic) bond motifs is 5. The van der Waals surface area contributed by atoms with Gasteiger partial charge in [-0.15, -0.1) is 0 Å². The van der Waals surface area contributed by atoms with Crippen LogP contribution in [-0.2, 0) is 23.7 Å². The van der Waals surface area contributed by atoms with Crippen LogP contribution in [0.15, 0.2) is 12.2 Å². The molecule has 0 amide bonds. The van der Waals surface area contributed by atoms with Crippen LogP contribution in [0.1, 0.15) is 73.1 Å². The number of aliphatic hydroxyl groups excluding tert-OH is 8. The number of ether oxygens (including phenoxy) is 5. The fourth-order valence-corrected chi connectivity index (χ4v) is 11.9. The molecule has 306 valence electrons. The summed E-state index contributed by atoms with van der Waals surface area (Å²) in [6.07, 6.45) is -5.63. The highest BCUT2D eigenvalue weighted by Crippen LogP contribution is 2.69. The Bertz CT molecular complexity index is 1270. The standard InChI is InChI=1S/C39H66O14/c1-18(20(3)15-50-35-33(31(47)26(44)16-51-35)53-36-32(49-6)30(46)25(43)17-52-36)7-8-19(2)21-13-23(41)34-37(21,4)12-10-27-38(5)11-9-22(40)29(45)28(38)24(42)14-39(27,34)48/h7-8,18-36,40-48H,9-17H2,1-6H3/b8-7+/t18?,19-,20?,21-,22+,23-,24+,25-,26-,27-,28+,29+,30+,31+,32-,33-,34-,35-,36+,37-,38-,39+/m1/s1. The summed E-state index contributed by atoms with van der Waals surface area (Å²) in [7, 11) is 1.34. The van der Waals surface area contributed by atoms with Crippen LogP contribution in [0.5, 0.6) is 0 Å². The third kappa shape index (κ3) is 7.30. The first kappa shape index (κ1) is 41.8. The van der Waals surface area contributed by atoms with Crippen molar-refractivity contribution in [2.45, 2.75) is 152 Å². The molecule has 2 heterocycles. The second-order valence-electron chi connectivity index (χ2n) is 18.1. The molecule has 6 rings (SSSR count). The summed E-state index contributed by atoms with van der Waals surface area (Å²) in [5.74, 6) is -0.945. The van der Waals surface area contributed by atoms with E-state index in [0.717, 1.165) is 12.8 Å². The minimum Gasteiger partial charge on any atom is -0.393 e. The zero-order valence-corrected chi connectivity index (χ0v) is 32.1. The Morgan fingerprint density at radius 1 is 0.736 bits per heavy atom. The third-order valence-electron chi connectivity index (χ3n) is 15.0. The zero-order chi connectivity index (χ0) is 38.8. The molecular weight excluding hydrogens is 692 g/mol. The highest BCUT2D eigenvalue weighted by molar-refractivity contribution is 5.21. The van der Waals surface area contributed by atoms with Gasteiger partial charge in [0.15, 0.2) is 12.6 Å². The van der Waals surface area contributed by atoms with Gasteiger partial charge in [-0.1, -0.05) is 46.8 Å². The van der Waals surface area contributed by atoms with Crippen molar-refractivity contribution in [2.24, 2.45) is 52.3 Å². The van der Waals surface area contributed by atoms with Crippen LogP contribution in [0.2, 0.25) is 0 Å². The van der Waals surface area contributed by atoms with E-state index >= 15 is 0 Å². The van der Waals surface area contributed by atoms with Gasteiger partial charge in [0.25, 0.3) is 0 Å². The Morgan fingerprint density at radius 3 is 2.02 bits per heavy atom. The summed E-state index contributed by atoms with van der Waals surface area (Å²) in [6, 6.07) is 0. The van der Waals surface area contributed by atoms with Crippen LogP contribution >= 0.6 is 0 Å². The molecule has 0 spiro atoms. The van der Waals surface area contributed by atoms with Gasteiger partial charge in [0.1, 0.15) is 36.6 Å². The lowest BCUT2D eigenvalue weighted by Crippen LogP contribution is -2.70. The molecule has 6 aliphatic rings. The van der Waals surface area contributed by atoms with Crippen molar-refractivity contribution in [3.05, 3.63) is 12.2 Å². The lowest BCUT2D eigenvalue weighted by Gasteiger charge is -2.66. The van der Waals surface area contributed by atoms with E-state index in [1.54, 1.807) is 0 Å². The maximum absolute atomic E-state index is 12.6. The van der Waals surface area contributed by atoms with Crippen molar-refractivity contribution in [3.8, 4) is 0 Å². The van der Waals surface area contributed by atoms with Gasteiger partial charge < -0.3 is 69.6 Å². The molecule has 53 heavy (non-hydrogen) atoms. The predicted molar refractivity (Wildman–Crippen MR) is 189 cm³/mol. The van der Waals surface area contributed by atoms with E-state index < -0.39 is 96.5 Å². The highest BCUT2D eigenvalue weighted by atomic mass is 16.8. The summed E-state index contributed by atoms with van der Waals surface area (Å²) in [5, 5.41) is 98.5. The van der Waals surface area contributed by atoms with Crippen LogP contribution in [0, 0.1) is 52.3 Å². The average molecular weight is 759 g/mol. The predicted octanol–water partition coefficient (Wildman–Crippen LogP) is 0.0710. The second-order valence-corrected chi connectivity index (χ2v) is 18.1. The highest BCUT2D eigenvalue weighted by Gasteiger charge is 2.71. The van der Waals surface area contributed by atoms with E-state index in [1.165, 1.54) is 7.11 Å². The molecule has 0 bridgehead atoms. The Morgan fingerprint density at radius 2 is 1.36 bits per heavy atom. The van der Waals surface area contributed by atoms with Crippen molar-refractivity contribution < 1.29 is 69.6 Å². The first-order valence-corrected chi connectivity index (χ1v) is 19.8. The summed E-state index contributed by atoms with van der Waals surface area (Å²) < 4.78 is 28.7.